The van der Waals surface area contributed by atoms with Gasteiger partial charge in [-0.2, -0.15) is 0 Å². The van der Waals surface area contributed by atoms with Crippen LogP contribution in [0.5, 0.6) is 0 Å². The zero-order valence-electron chi connectivity index (χ0n) is 13.8. The number of rotatable bonds is 4. The van der Waals surface area contributed by atoms with Gasteiger partial charge >= 0.3 is 0 Å². The van der Waals surface area contributed by atoms with Gasteiger partial charge in [0, 0.05) is 0 Å². The molecular weight excluding hydrogens is 256 g/mol. The van der Waals surface area contributed by atoms with Crippen molar-refractivity contribution in [3.8, 4) is 23.7 Å². The molecule has 0 spiro atoms. The lowest BCUT2D eigenvalue weighted by Crippen LogP contribution is -2.24. The molecule has 0 aromatic carbocycles. The first-order valence-electron chi connectivity index (χ1n) is 6.66. The van der Waals surface area contributed by atoms with Crippen molar-refractivity contribution in [2.24, 2.45) is 0 Å². The van der Waals surface area contributed by atoms with Crippen molar-refractivity contribution in [2.75, 3.05) is 0 Å². The molecule has 0 fully saturated rings. The third kappa shape index (κ3) is 12.0. The summed E-state index contributed by atoms with van der Waals surface area (Å²) >= 11 is 0. The predicted octanol–water partition coefficient (Wildman–Crippen LogP) is 3.26. The Morgan fingerprint density at radius 1 is 0.750 bits per heavy atom. The molecule has 20 heavy (non-hydrogen) atoms. The van der Waals surface area contributed by atoms with E-state index in [0.717, 1.165) is 0 Å². The molecule has 0 aromatic heterocycles. The van der Waals surface area contributed by atoms with E-state index in [1.807, 2.05) is 41.5 Å². The lowest BCUT2D eigenvalue weighted by molar-refractivity contribution is -0.360. The second kappa shape index (κ2) is 8.29. The summed E-state index contributed by atoms with van der Waals surface area (Å²) in [5.74, 6) is 11.3. The van der Waals surface area contributed by atoms with Gasteiger partial charge in [-0.15, -0.1) is 5.92 Å². The molecule has 0 aliphatic carbocycles. The largest absolute Gasteiger partial charge is 0.230 e. The lowest BCUT2D eigenvalue weighted by Gasteiger charge is -2.19. The van der Waals surface area contributed by atoms with Gasteiger partial charge < -0.3 is 0 Å². The van der Waals surface area contributed by atoms with Crippen LogP contribution in [0.3, 0.4) is 0 Å². The first-order chi connectivity index (χ1) is 9.03. The quantitative estimate of drug-likeness (QED) is 0.450. The highest BCUT2D eigenvalue weighted by Crippen LogP contribution is 2.10. The van der Waals surface area contributed by atoms with Crippen LogP contribution in [0.4, 0.5) is 0 Å². The summed E-state index contributed by atoms with van der Waals surface area (Å²) in [6, 6.07) is 0. The summed E-state index contributed by atoms with van der Waals surface area (Å²) in [7, 11) is 0. The Hall–Kier alpha value is -1.04. The maximum Gasteiger partial charge on any atom is 0.213 e. The van der Waals surface area contributed by atoms with Gasteiger partial charge in [0.15, 0.2) is 6.10 Å². The van der Waals surface area contributed by atoms with Crippen LogP contribution in [-0.2, 0) is 19.6 Å². The summed E-state index contributed by atoms with van der Waals surface area (Å²) in [6.45, 7) is 14.9. The van der Waals surface area contributed by atoms with Gasteiger partial charge in [0.05, 0.1) is 11.2 Å². The average molecular weight is 282 g/mol. The van der Waals surface area contributed by atoms with Crippen LogP contribution in [0.2, 0.25) is 0 Å². The summed E-state index contributed by atoms with van der Waals surface area (Å²) < 4.78 is 0. The van der Waals surface area contributed by atoms with Crippen LogP contribution < -0.4 is 0 Å². The maximum absolute atomic E-state index is 5.21. The van der Waals surface area contributed by atoms with Crippen LogP contribution in [0.1, 0.15) is 55.4 Å². The second-order valence-corrected chi connectivity index (χ2v) is 6.29. The van der Waals surface area contributed by atoms with Crippen molar-refractivity contribution in [1.29, 1.82) is 0 Å². The highest BCUT2D eigenvalue weighted by molar-refractivity contribution is 5.20. The summed E-state index contributed by atoms with van der Waals surface area (Å²) in [6.07, 6.45) is -0.992. The molecular formula is C16H26O4. The van der Waals surface area contributed by atoms with Crippen LogP contribution in [-0.4, -0.2) is 23.4 Å². The molecule has 4 nitrogen and oxygen atoms in total. The molecule has 0 radical (unpaired) electrons. The van der Waals surface area contributed by atoms with Crippen LogP contribution >= 0.6 is 0 Å². The fraction of sp³-hybridized carbons (Fsp3) is 0.750. The number of hydrogen-bond donors (Lipinski definition) is 0. The molecule has 114 valence electrons. The zero-order chi connectivity index (χ0) is 15.8. The smallest absolute Gasteiger partial charge is 0.213 e. The molecule has 0 aromatic rings. The van der Waals surface area contributed by atoms with Crippen LogP contribution in [0.25, 0.3) is 0 Å². The minimum atomic E-state index is -0.611. The normalized spacial score (nSPS) is 14.6. The molecule has 0 aliphatic rings. The van der Waals surface area contributed by atoms with Crippen LogP contribution in [0, 0.1) is 23.7 Å². The van der Waals surface area contributed by atoms with Crippen molar-refractivity contribution in [2.45, 2.75) is 78.8 Å². The summed E-state index contributed by atoms with van der Waals surface area (Å²) in [5, 5.41) is 0. The first kappa shape index (κ1) is 19.0. The van der Waals surface area contributed by atoms with E-state index < -0.39 is 11.7 Å². The zero-order valence-corrected chi connectivity index (χ0v) is 13.8. The molecule has 0 bridgehead atoms. The van der Waals surface area contributed by atoms with Crippen LogP contribution in [0.15, 0.2) is 0 Å². The minimum absolute atomic E-state index is 0.371. The van der Waals surface area contributed by atoms with E-state index in [1.54, 1.807) is 13.8 Å². The Morgan fingerprint density at radius 2 is 1.25 bits per heavy atom. The van der Waals surface area contributed by atoms with Crippen molar-refractivity contribution >= 4 is 0 Å². The SMILES string of the molecule is CC#CC(C#CC(C)OOC(C)(C)C)OOC(C)(C)C. The summed E-state index contributed by atoms with van der Waals surface area (Å²) in [5.41, 5.74) is -0.781. The topological polar surface area (TPSA) is 36.9 Å². The van der Waals surface area contributed by atoms with E-state index in [2.05, 4.69) is 23.7 Å². The van der Waals surface area contributed by atoms with Crippen molar-refractivity contribution < 1.29 is 19.6 Å². The molecule has 0 saturated heterocycles. The molecule has 0 amide bonds. The standard InChI is InChI=1S/C16H26O4/c1-9-10-14(18-20-16(6,7)8)12-11-13(2)17-19-15(3,4)5/h13-14H,1-8H3. The fourth-order valence-electron chi connectivity index (χ4n) is 0.841. The van der Waals surface area contributed by atoms with Gasteiger partial charge in [0.25, 0.3) is 0 Å². The van der Waals surface area contributed by atoms with E-state index in [-0.39, 0.29) is 11.7 Å². The highest BCUT2D eigenvalue weighted by atomic mass is 17.2. The van der Waals surface area contributed by atoms with E-state index in [9.17, 15) is 0 Å². The Labute approximate surface area is 123 Å². The van der Waals surface area contributed by atoms with Crippen molar-refractivity contribution in [3.63, 3.8) is 0 Å². The van der Waals surface area contributed by atoms with E-state index in [0.29, 0.717) is 0 Å². The molecule has 0 heterocycles. The molecule has 2 atom stereocenters. The summed E-state index contributed by atoms with van der Waals surface area (Å²) in [4.78, 5) is 20.8. The average Bonchev–Trinajstić information content (AvgIpc) is 2.28. The molecule has 0 rings (SSSR count). The molecule has 2 unspecified atom stereocenters. The van der Waals surface area contributed by atoms with Gasteiger partial charge in [-0.25, -0.2) is 19.6 Å². The Morgan fingerprint density at radius 3 is 1.70 bits per heavy atom. The maximum atomic E-state index is 5.21. The lowest BCUT2D eigenvalue weighted by atomic mass is 10.2. The molecule has 0 N–H and O–H groups in total. The Balaban J connectivity index is 4.44. The number of hydrogen-bond acceptors (Lipinski definition) is 4. The van der Waals surface area contributed by atoms with Gasteiger partial charge in [-0.1, -0.05) is 17.8 Å². The molecule has 4 heteroatoms. The Bertz CT molecular complexity index is 393. The van der Waals surface area contributed by atoms with E-state index >= 15 is 0 Å². The monoisotopic (exact) mass is 282 g/mol. The van der Waals surface area contributed by atoms with Gasteiger partial charge in [-0.05, 0) is 55.4 Å². The molecule has 0 aliphatic heterocycles. The van der Waals surface area contributed by atoms with Gasteiger partial charge in [0.1, 0.15) is 0 Å². The van der Waals surface area contributed by atoms with Crippen molar-refractivity contribution in [3.05, 3.63) is 0 Å². The first-order valence-corrected chi connectivity index (χ1v) is 6.66. The van der Waals surface area contributed by atoms with E-state index in [4.69, 9.17) is 19.6 Å². The highest BCUT2D eigenvalue weighted by Gasteiger charge is 2.15. The fourth-order valence-corrected chi connectivity index (χ4v) is 0.841. The third-order valence-corrected chi connectivity index (χ3v) is 1.53. The second-order valence-electron chi connectivity index (χ2n) is 6.29. The Kier molecular flexibility index (Phi) is 7.86. The minimum Gasteiger partial charge on any atom is -0.230 e. The molecule has 0 saturated carbocycles. The third-order valence-electron chi connectivity index (χ3n) is 1.53. The van der Waals surface area contributed by atoms with Gasteiger partial charge in [-0.3, -0.25) is 0 Å². The van der Waals surface area contributed by atoms with Crippen molar-refractivity contribution in [1.82, 2.24) is 0 Å². The predicted molar refractivity (Wildman–Crippen MR) is 78.3 cm³/mol. The van der Waals surface area contributed by atoms with E-state index in [1.165, 1.54) is 0 Å². The van der Waals surface area contributed by atoms with Gasteiger partial charge in [0.2, 0.25) is 6.10 Å².